The van der Waals surface area contributed by atoms with Gasteiger partial charge in [-0.2, -0.15) is 0 Å². The quantitative estimate of drug-likeness (QED) is 0.869. The Kier molecular flexibility index (Phi) is 5.27. The van der Waals surface area contributed by atoms with E-state index in [0.29, 0.717) is 6.61 Å². The Bertz CT molecular complexity index is 612. The van der Waals surface area contributed by atoms with Gasteiger partial charge in [0.2, 0.25) is 0 Å². The van der Waals surface area contributed by atoms with E-state index in [4.69, 9.17) is 14.6 Å². The summed E-state index contributed by atoms with van der Waals surface area (Å²) in [5.74, 6) is 1.67. The molecular weight excluding hydrogens is 294 g/mol. The summed E-state index contributed by atoms with van der Waals surface area (Å²) in [6.45, 7) is 3.82. The Morgan fingerprint density at radius 1 is 1.35 bits per heavy atom. The lowest BCUT2D eigenvalue weighted by Crippen LogP contribution is -2.41. The Labute approximate surface area is 136 Å². The highest BCUT2D eigenvalue weighted by molar-refractivity contribution is 5.56. The molecule has 1 saturated heterocycles. The Hall–Kier alpha value is -1.89. The summed E-state index contributed by atoms with van der Waals surface area (Å²) in [6.07, 6.45) is 4.00. The lowest BCUT2D eigenvalue weighted by molar-refractivity contribution is -0.0272. The lowest BCUT2D eigenvalue weighted by Gasteiger charge is -2.30. The minimum atomic E-state index is 0.0159. The minimum Gasteiger partial charge on any atom is -0.491 e. The first-order chi connectivity index (χ1) is 11.3. The molecule has 1 aromatic heterocycles. The van der Waals surface area contributed by atoms with Crippen molar-refractivity contribution in [1.29, 1.82) is 0 Å². The van der Waals surface area contributed by atoms with Crippen LogP contribution in [0.25, 0.3) is 11.4 Å². The molecule has 1 aliphatic rings. The van der Waals surface area contributed by atoms with Crippen LogP contribution in [-0.4, -0.2) is 65.6 Å². The summed E-state index contributed by atoms with van der Waals surface area (Å²) in [4.78, 5) is 6.77. The van der Waals surface area contributed by atoms with E-state index in [9.17, 15) is 0 Å². The van der Waals surface area contributed by atoms with Gasteiger partial charge in [-0.05, 0) is 31.3 Å². The summed E-state index contributed by atoms with van der Waals surface area (Å²) < 4.78 is 13.4. The van der Waals surface area contributed by atoms with Crippen molar-refractivity contribution in [3.8, 4) is 17.1 Å². The molecule has 0 spiro atoms. The van der Waals surface area contributed by atoms with Crippen LogP contribution < -0.4 is 4.74 Å². The molecule has 1 fully saturated rings. The Morgan fingerprint density at radius 2 is 2.17 bits per heavy atom. The third kappa shape index (κ3) is 4.10. The van der Waals surface area contributed by atoms with Gasteiger partial charge < -0.3 is 24.0 Å². The van der Waals surface area contributed by atoms with Crippen LogP contribution >= 0.6 is 0 Å². The van der Waals surface area contributed by atoms with Crippen molar-refractivity contribution in [1.82, 2.24) is 14.5 Å². The third-order valence-corrected chi connectivity index (χ3v) is 3.93. The number of rotatable bonds is 6. The van der Waals surface area contributed by atoms with E-state index in [1.54, 1.807) is 0 Å². The zero-order valence-corrected chi connectivity index (χ0v) is 13.4. The molecule has 1 aliphatic heterocycles. The first-order valence-electron chi connectivity index (χ1n) is 7.91. The van der Waals surface area contributed by atoms with Gasteiger partial charge in [-0.1, -0.05) is 0 Å². The Morgan fingerprint density at radius 3 is 2.91 bits per heavy atom. The van der Waals surface area contributed by atoms with Gasteiger partial charge in [-0.15, -0.1) is 0 Å². The van der Waals surface area contributed by atoms with Crippen LogP contribution in [0.5, 0.6) is 5.75 Å². The molecule has 0 radical (unpaired) electrons. The number of nitrogens with zero attached hydrogens (tertiary/aromatic N) is 3. The molecular formula is C17H23N3O3. The van der Waals surface area contributed by atoms with Gasteiger partial charge >= 0.3 is 0 Å². The molecule has 2 aromatic rings. The highest BCUT2D eigenvalue weighted by atomic mass is 16.5. The van der Waals surface area contributed by atoms with E-state index in [1.165, 1.54) is 0 Å². The van der Waals surface area contributed by atoms with Crippen molar-refractivity contribution >= 4 is 0 Å². The fourth-order valence-electron chi connectivity index (χ4n) is 2.78. The van der Waals surface area contributed by atoms with Crippen LogP contribution in [0.2, 0.25) is 0 Å². The molecule has 6 nitrogen and oxygen atoms in total. The standard InChI is InChI=1S/C17H23N3O3/c1-19-8-10-22-16(12-19)13-20-7-6-18-17(20)14-2-4-15(5-3-14)23-11-9-21/h2-7,16,21H,8-13H2,1H3. The number of imidazole rings is 1. The summed E-state index contributed by atoms with van der Waals surface area (Å²) in [7, 11) is 2.12. The monoisotopic (exact) mass is 317 g/mol. The number of likely N-dealkylation sites (N-methyl/N-ethyl adjacent to an activating group) is 1. The second-order valence-corrected chi connectivity index (χ2v) is 5.75. The predicted molar refractivity (Wildman–Crippen MR) is 87.5 cm³/mol. The average molecular weight is 317 g/mol. The highest BCUT2D eigenvalue weighted by Crippen LogP contribution is 2.22. The second-order valence-electron chi connectivity index (χ2n) is 5.75. The number of hydrogen-bond acceptors (Lipinski definition) is 5. The van der Waals surface area contributed by atoms with Gasteiger partial charge in [-0.25, -0.2) is 4.98 Å². The number of hydrogen-bond donors (Lipinski definition) is 1. The number of aromatic nitrogens is 2. The highest BCUT2D eigenvalue weighted by Gasteiger charge is 2.19. The SMILES string of the molecule is CN1CCOC(Cn2ccnc2-c2ccc(OCCO)cc2)C1. The van der Waals surface area contributed by atoms with Gasteiger partial charge in [-0.3, -0.25) is 0 Å². The number of morpholine rings is 1. The molecule has 1 atom stereocenters. The van der Waals surface area contributed by atoms with Crippen LogP contribution in [-0.2, 0) is 11.3 Å². The van der Waals surface area contributed by atoms with Crippen LogP contribution in [0, 0.1) is 0 Å². The first-order valence-corrected chi connectivity index (χ1v) is 7.91. The smallest absolute Gasteiger partial charge is 0.139 e. The van der Waals surface area contributed by atoms with Gasteiger partial charge in [0.1, 0.15) is 18.2 Å². The molecule has 6 heteroatoms. The van der Waals surface area contributed by atoms with Gasteiger partial charge in [0.25, 0.3) is 0 Å². The molecule has 0 aliphatic carbocycles. The topological polar surface area (TPSA) is 59.8 Å². The fraction of sp³-hybridized carbons (Fsp3) is 0.471. The molecule has 23 heavy (non-hydrogen) atoms. The molecule has 0 saturated carbocycles. The fourth-order valence-corrected chi connectivity index (χ4v) is 2.78. The van der Waals surface area contributed by atoms with Crippen LogP contribution in [0.15, 0.2) is 36.7 Å². The maximum atomic E-state index is 8.79. The molecule has 1 unspecified atom stereocenters. The summed E-state index contributed by atoms with van der Waals surface area (Å²) in [5.41, 5.74) is 1.04. The minimum absolute atomic E-state index is 0.0159. The van der Waals surface area contributed by atoms with Gasteiger partial charge in [0.05, 0.1) is 25.9 Å². The van der Waals surface area contributed by atoms with E-state index in [2.05, 4.69) is 21.5 Å². The molecule has 1 aromatic carbocycles. The van der Waals surface area contributed by atoms with Gasteiger partial charge in [0.15, 0.2) is 0 Å². The van der Waals surface area contributed by atoms with E-state index < -0.39 is 0 Å². The molecule has 3 rings (SSSR count). The maximum absolute atomic E-state index is 8.79. The zero-order chi connectivity index (χ0) is 16.1. The van der Waals surface area contributed by atoms with Crippen molar-refractivity contribution in [3.05, 3.63) is 36.7 Å². The zero-order valence-electron chi connectivity index (χ0n) is 13.4. The lowest BCUT2D eigenvalue weighted by atomic mass is 10.2. The number of benzene rings is 1. The van der Waals surface area contributed by atoms with Crippen LogP contribution in [0.3, 0.4) is 0 Å². The van der Waals surface area contributed by atoms with E-state index in [0.717, 1.165) is 43.4 Å². The van der Waals surface area contributed by atoms with Crippen LogP contribution in [0.4, 0.5) is 0 Å². The number of aliphatic hydroxyl groups is 1. The normalized spacial score (nSPS) is 19.0. The third-order valence-electron chi connectivity index (χ3n) is 3.93. The molecule has 0 bridgehead atoms. The van der Waals surface area contributed by atoms with Crippen molar-refractivity contribution in [2.24, 2.45) is 0 Å². The van der Waals surface area contributed by atoms with Crippen molar-refractivity contribution in [2.75, 3.05) is 40.0 Å². The predicted octanol–water partition coefficient (Wildman–Crippen LogP) is 1.25. The average Bonchev–Trinajstić information content (AvgIpc) is 3.01. The van der Waals surface area contributed by atoms with E-state index in [1.807, 2.05) is 36.7 Å². The Balaban J connectivity index is 1.70. The van der Waals surface area contributed by atoms with Gasteiger partial charge in [0, 0.05) is 31.0 Å². The maximum Gasteiger partial charge on any atom is 0.139 e. The number of ether oxygens (including phenoxy) is 2. The van der Waals surface area contributed by atoms with Crippen molar-refractivity contribution < 1.29 is 14.6 Å². The summed E-state index contributed by atoms with van der Waals surface area (Å²) >= 11 is 0. The molecule has 124 valence electrons. The van der Waals surface area contributed by atoms with E-state index in [-0.39, 0.29) is 12.7 Å². The molecule has 2 heterocycles. The van der Waals surface area contributed by atoms with Crippen molar-refractivity contribution in [2.45, 2.75) is 12.6 Å². The number of aliphatic hydroxyl groups excluding tert-OH is 1. The first kappa shape index (κ1) is 16.0. The largest absolute Gasteiger partial charge is 0.491 e. The van der Waals surface area contributed by atoms with Crippen molar-refractivity contribution in [3.63, 3.8) is 0 Å². The summed E-state index contributed by atoms with van der Waals surface area (Å²) in [6, 6.07) is 7.77. The molecule has 0 amide bonds. The van der Waals surface area contributed by atoms with Crippen LogP contribution in [0.1, 0.15) is 0 Å². The van der Waals surface area contributed by atoms with E-state index >= 15 is 0 Å². The second kappa shape index (κ2) is 7.59. The molecule has 1 N–H and O–H groups in total. The summed E-state index contributed by atoms with van der Waals surface area (Å²) in [5, 5.41) is 8.79.